The highest BCUT2D eigenvalue weighted by Gasteiger charge is 2.31. The first-order valence-corrected chi connectivity index (χ1v) is 11.0. The van der Waals surface area contributed by atoms with Crippen LogP contribution < -0.4 is 10.1 Å². The molecule has 1 amide bonds. The van der Waals surface area contributed by atoms with Crippen LogP contribution in [-0.4, -0.2) is 28.8 Å². The second-order valence-electron chi connectivity index (χ2n) is 8.19. The first-order valence-electron chi connectivity index (χ1n) is 11.0. The molecule has 4 rings (SSSR count). The fourth-order valence-electron chi connectivity index (χ4n) is 4.00. The number of rotatable bonds is 6. The van der Waals surface area contributed by atoms with E-state index in [1.54, 1.807) is 48.5 Å². The molecule has 0 spiro atoms. The van der Waals surface area contributed by atoms with Crippen molar-refractivity contribution in [2.24, 2.45) is 0 Å². The van der Waals surface area contributed by atoms with Crippen LogP contribution in [-0.2, 0) is 6.18 Å². The number of hydrogen-bond acceptors (Lipinski definition) is 4. The second kappa shape index (κ2) is 10.1. The third-order valence-electron chi connectivity index (χ3n) is 5.81. The first-order chi connectivity index (χ1) is 16.3. The lowest BCUT2D eigenvalue weighted by molar-refractivity contribution is -0.137. The maximum atomic E-state index is 13.0. The fourth-order valence-corrected chi connectivity index (χ4v) is 4.00. The van der Waals surface area contributed by atoms with Crippen molar-refractivity contribution in [1.29, 1.82) is 0 Å². The molecule has 1 saturated carbocycles. The Bertz CT molecular complexity index is 1140. The molecule has 1 aromatic heterocycles. The molecule has 0 bridgehead atoms. The van der Waals surface area contributed by atoms with Crippen LogP contribution in [0.3, 0.4) is 0 Å². The zero-order valence-electron chi connectivity index (χ0n) is 18.2. The van der Waals surface area contributed by atoms with Crippen molar-refractivity contribution in [1.82, 2.24) is 10.3 Å². The van der Waals surface area contributed by atoms with Crippen molar-refractivity contribution < 1.29 is 27.5 Å². The van der Waals surface area contributed by atoms with Crippen molar-refractivity contribution in [3.8, 4) is 5.88 Å². The second-order valence-corrected chi connectivity index (χ2v) is 8.19. The SMILES string of the molecule is O=C(NC1CCC(Oc2ccc(C(F)(F)F)cn2)CC1)c1ccccc1C(=O)c1ccccc1. The number of nitrogens with one attached hydrogen (secondary N) is 1. The number of nitrogens with zero attached hydrogens (tertiary/aromatic N) is 1. The Labute approximate surface area is 195 Å². The maximum Gasteiger partial charge on any atom is 0.417 e. The number of alkyl halides is 3. The van der Waals surface area contributed by atoms with Gasteiger partial charge in [0.25, 0.3) is 5.91 Å². The Kier molecular flexibility index (Phi) is 6.95. The Hall–Kier alpha value is -3.68. The van der Waals surface area contributed by atoms with E-state index in [0.717, 1.165) is 12.3 Å². The van der Waals surface area contributed by atoms with Crippen LogP contribution in [0.4, 0.5) is 13.2 Å². The highest BCUT2D eigenvalue weighted by molar-refractivity contribution is 6.15. The van der Waals surface area contributed by atoms with Gasteiger partial charge in [0.1, 0.15) is 6.10 Å². The third-order valence-corrected chi connectivity index (χ3v) is 5.81. The van der Waals surface area contributed by atoms with Crippen LogP contribution in [0.1, 0.15) is 57.5 Å². The van der Waals surface area contributed by atoms with Crippen molar-refractivity contribution >= 4 is 11.7 Å². The molecule has 0 unspecified atom stereocenters. The van der Waals surface area contributed by atoms with E-state index in [9.17, 15) is 22.8 Å². The van der Waals surface area contributed by atoms with Gasteiger partial charge in [-0.05, 0) is 37.8 Å². The van der Waals surface area contributed by atoms with Gasteiger partial charge in [-0.1, -0.05) is 48.5 Å². The van der Waals surface area contributed by atoms with E-state index in [4.69, 9.17) is 4.74 Å². The minimum absolute atomic E-state index is 0.0900. The molecule has 8 heteroatoms. The number of hydrogen-bond donors (Lipinski definition) is 1. The van der Waals surface area contributed by atoms with Crippen molar-refractivity contribution in [2.75, 3.05) is 0 Å². The Morgan fingerprint density at radius 3 is 2.12 bits per heavy atom. The maximum absolute atomic E-state index is 13.0. The van der Waals surface area contributed by atoms with Gasteiger partial charge in [-0.3, -0.25) is 9.59 Å². The largest absolute Gasteiger partial charge is 0.474 e. The van der Waals surface area contributed by atoms with Crippen molar-refractivity contribution in [2.45, 2.75) is 44.0 Å². The number of halogens is 3. The molecule has 176 valence electrons. The molecule has 1 N–H and O–H groups in total. The fraction of sp³-hybridized carbons (Fsp3) is 0.269. The summed E-state index contributed by atoms with van der Waals surface area (Å²) in [5.74, 6) is -0.380. The van der Waals surface area contributed by atoms with E-state index in [0.29, 0.717) is 42.4 Å². The minimum atomic E-state index is -4.44. The molecule has 0 radical (unpaired) electrons. The molecule has 1 aliphatic rings. The van der Waals surface area contributed by atoms with Gasteiger partial charge in [-0.25, -0.2) is 4.98 Å². The Morgan fingerprint density at radius 2 is 1.50 bits per heavy atom. The molecule has 0 saturated heterocycles. The summed E-state index contributed by atoms with van der Waals surface area (Å²) in [7, 11) is 0. The predicted molar refractivity (Wildman–Crippen MR) is 120 cm³/mol. The average molecular weight is 468 g/mol. The summed E-state index contributed by atoms with van der Waals surface area (Å²) in [5.41, 5.74) is 0.356. The number of benzene rings is 2. The van der Waals surface area contributed by atoms with Crippen LogP contribution >= 0.6 is 0 Å². The highest BCUT2D eigenvalue weighted by atomic mass is 19.4. The topological polar surface area (TPSA) is 68.3 Å². The van der Waals surface area contributed by atoms with Gasteiger partial charge in [-0.15, -0.1) is 0 Å². The monoisotopic (exact) mass is 468 g/mol. The van der Waals surface area contributed by atoms with Crippen LogP contribution in [0, 0.1) is 0 Å². The lowest BCUT2D eigenvalue weighted by Gasteiger charge is -2.29. The summed E-state index contributed by atoms with van der Waals surface area (Å²) in [6.45, 7) is 0. The minimum Gasteiger partial charge on any atom is -0.474 e. The number of aromatic nitrogens is 1. The molecule has 1 aliphatic carbocycles. The van der Waals surface area contributed by atoms with Gasteiger partial charge in [0.05, 0.1) is 11.1 Å². The molecular weight excluding hydrogens is 445 g/mol. The number of carbonyl (C=O) groups excluding carboxylic acids is 2. The van der Waals surface area contributed by atoms with Crippen LogP contribution in [0.2, 0.25) is 0 Å². The third kappa shape index (κ3) is 5.62. The van der Waals surface area contributed by atoms with E-state index in [2.05, 4.69) is 10.3 Å². The molecule has 1 fully saturated rings. The van der Waals surface area contributed by atoms with E-state index < -0.39 is 11.7 Å². The average Bonchev–Trinajstić information content (AvgIpc) is 2.85. The molecule has 2 aromatic carbocycles. The summed E-state index contributed by atoms with van der Waals surface area (Å²) >= 11 is 0. The number of carbonyl (C=O) groups is 2. The van der Waals surface area contributed by atoms with Gasteiger partial charge >= 0.3 is 6.18 Å². The van der Waals surface area contributed by atoms with Crippen LogP contribution in [0.15, 0.2) is 72.9 Å². The van der Waals surface area contributed by atoms with Gasteiger partial charge in [0.15, 0.2) is 5.78 Å². The normalized spacial score (nSPS) is 18.2. The molecular formula is C26H23F3N2O3. The van der Waals surface area contributed by atoms with Gasteiger partial charge in [-0.2, -0.15) is 13.2 Å². The Balaban J connectivity index is 1.33. The molecule has 5 nitrogen and oxygen atoms in total. The highest BCUT2D eigenvalue weighted by Crippen LogP contribution is 2.30. The summed E-state index contributed by atoms with van der Waals surface area (Å²) in [6, 6.07) is 17.6. The quantitative estimate of drug-likeness (QED) is 0.489. The van der Waals surface area contributed by atoms with Gasteiger partial charge in [0, 0.05) is 29.4 Å². The predicted octanol–water partition coefficient (Wildman–Crippen LogP) is 5.45. The van der Waals surface area contributed by atoms with E-state index in [-0.39, 0.29) is 29.7 Å². The van der Waals surface area contributed by atoms with Crippen molar-refractivity contribution in [3.05, 3.63) is 95.2 Å². The Morgan fingerprint density at radius 1 is 0.853 bits per heavy atom. The number of amides is 1. The molecule has 0 atom stereocenters. The van der Waals surface area contributed by atoms with Crippen LogP contribution in [0.5, 0.6) is 5.88 Å². The standard InChI is InChI=1S/C26H23F3N2O3/c27-26(28,29)18-10-15-23(30-16-18)34-20-13-11-19(12-14-20)31-25(33)22-9-5-4-8-21(22)24(32)17-6-2-1-3-7-17/h1-10,15-16,19-20H,11-14H2,(H,31,33). The van der Waals surface area contributed by atoms with Gasteiger partial charge in [0.2, 0.25) is 5.88 Å². The van der Waals surface area contributed by atoms with E-state index >= 15 is 0 Å². The number of ether oxygens (including phenoxy) is 1. The van der Waals surface area contributed by atoms with Crippen molar-refractivity contribution in [3.63, 3.8) is 0 Å². The van der Waals surface area contributed by atoms with Gasteiger partial charge < -0.3 is 10.1 Å². The number of pyridine rings is 1. The zero-order valence-corrected chi connectivity index (χ0v) is 18.2. The first kappa shape index (κ1) is 23.5. The van der Waals surface area contributed by atoms with E-state index in [1.165, 1.54) is 6.07 Å². The molecule has 0 aliphatic heterocycles. The summed E-state index contributed by atoms with van der Waals surface area (Å²) in [6.07, 6.45) is -1.33. The van der Waals surface area contributed by atoms with Crippen LogP contribution in [0.25, 0.3) is 0 Å². The number of ketones is 1. The molecule has 3 aromatic rings. The molecule has 34 heavy (non-hydrogen) atoms. The molecule has 1 heterocycles. The zero-order chi connectivity index (χ0) is 24.1. The smallest absolute Gasteiger partial charge is 0.417 e. The summed E-state index contributed by atoms with van der Waals surface area (Å²) in [4.78, 5) is 29.6. The lowest BCUT2D eigenvalue weighted by Crippen LogP contribution is -2.40. The lowest BCUT2D eigenvalue weighted by atomic mass is 9.92. The summed E-state index contributed by atoms with van der Waals surface area (Å²) < 4.78 is 43.7. The van der Waals surface area contributed by atoms with E-state index in [1.807, 2.05) is 6.07 Å². The summed E-state index contributed by atoms with van der Waals surface area (Å²) in [5, 5.41) is 3.00.